The second-order valence-corrected chi connectivity index (χ2v) is 11.1. The summed E-state index contributed by atoms with van der Waals surface area (Å²) in [7, 11) is 0. The summed E-state index contributed by atoms with van der Waals surface area (Å²) in [6.45, 7) is 0. The quantitative estimate of drug-likeness (QED) is 0.404. The summed E-state index contributed by atoms with van der Waals surface area (Å²) in [5.74, 6) is 0. The van der Waals surface area contributed by atoms with E-state index < -0.39 is 23.2 Å². The molecule has 0 N–H and O–H groups in total. The van der Waals surface area contributed by atoms with Crippen molar-refractivity contribution < 1.29 is 48.0 Å². The molecule has 28 heavy (non-hydrogen) atoms. The Bertz CT molecular complexity index is 894. The van der Waals surface area contributed by atoms with Gasteiger partial charge in [-0.05, 0) is 0 Å². The van der Waals surface area contributed by atoms with Gasteiger partial charge in [0.25, 0.3) is 0 Å². The molecule has 0 bridgehead atoms. The molecular formula is C24H19AlCl2Zr. The van der Waals surface area contributed by atoms with Crippen molar-refractivity contribution in [2.24, 2.45) is 0 Å². The van der Waals surface area contributed by atoms with E-state index in [1.165, 1.54) is 15.6 Å². The van der Waals surface area contributed by atoms with E-state index in [1.54, 1.807) is 11.1 Å². The van der Waals surface area contributed by atoms with Gasteiger partial charge in [-0.2, -0.15) is 0 Å². The Morgan fingerprint density at radius 2 is 1.00 bits per heavy atom. The summed E-state index contributed by atoms with van der Waals surface area (Å²) in [6.07, 6.45) is 9.49. The first-order valence-corrected chi connectivity index (χ1v) is 12.3. The van der Waals surface area contributed by atoms with E-state index in [2.05, 4.69) is 89.1 Å². The number of fused-ring (bicyclic) bond motifs is 2. The predicted molar refractivity (Wildman–Crippen MR) is 108 cm³/mol. The third-order valence-corrected chi connectivity index (χ3v) is 9.38. The van der Waals surface area contributed by atoms with Crippen LogP contribution in [0.3, 0.4) is 0 Å². The van der Waals surface area contributed by atoms with Crippen molar-refractivity contribution in [1.29, 1.82) is 0 Å². The van der Waals surface area contributed by atoms with E-state index >= 15 is 0 Å². The standard InChI is InChI=1S/2C9H7.C6H5.Al.2ClH.Zr/c2*1-2-5-9-7-3-6-8(9)4-1;1-2-4-6-5-3-1;;;;/h2*1-7H;1-5H;;2*1H;/q;;;;;;+2/p-2. The molecule has 3 aromatic carbocycles. The maximum absolute atomic E-state index is 2.63. The molecule has 4 heteroatoms. The molecule has 0 saturated carbocycles. The van der Waals surface area contributed by atoms with Gasteiger partial charge in [-0.3, -0.25) is 0 Å². The second-order valence-electron chi connectivity index (χ2n) is 6.51. The zero-order valence-electron chi connectivity index (χ0n) is 15.3. The van der Waals surface area contributed by atoms with Gasteiger partial charge in [0.1, 0.15) is 0 Å². The number of benzene rings is 3. The smallest absolute Gasteiger partial charge is 0.175 e. The van der Waals surface area contributed by atoms with Crippen LogP contribution in [0.2, 0.25) is 0 Å². The minimum Gasteiger partial charge on any atom is -1.00 e. The largest absolute Gasteiger partial charge is 1.00 e. The minimum absolute atomic E-state index is 0. The summed E-state index contributed by atoms with van der Waals surface area (Å²) >= 11 is 2.09. The van der Waals surface area contributed by atoms with E-state index in [9.17, 15) is 0 Å². The molecule has 0 heterocycles. The van der Waals surface area contributed by atoms with Gasteiger partial charge in [0.2, 0.25) is 0 Å². The van der Waals surface area contributed by atoms with Gasteiger partial charge >= 0.3 is 126 Å². The monoisotopic (exact) mass is 494 g/mol. The van der Waals surface area contributed by atoms with Gasteiger partial charge < -0.3 is 24.8 Å². The van der Waals surface area contributed by atoms with Crippen molar-refractivity contribution >= 4 is 32.9 Å². The first-order valence-electron chi connectivity index (χ1n) is 8.92. The Morgan fingerprint density at radius 1 is 0.571 bits per heavy atom. The summed E-state index contributed by atoms with van der Waals surface area (Å²) in [5.41, 5.74) is 5.99. The van der Waals surface area contributed by atoms with Gasteiger partial charge in [-0.1, -0.05) is 30.3 Å². The van der Waals surface area contributed by atoms with Crippen LogP contribution in [0.1, 0.15) is 29.5 Å². The molecule has 0 aliphatic heterocycles. The Balaban J connectivity index is 0.000000269. The third kappa shape index (κ3) is 5.60. The molecule has 2 unspecified atom stereocenters. The zero-order chi connectivity index (χ0) is 17.8. The van der Waals surface area contributed by atoms with E-state index in [1.807, 2.05) is 30.3 Å². The molecule has 3 aromatic rings. The molecular weight excluding hydrogens is 477 g/mol. The number of hydrogen-bond donors (Lipinski definition) is 0. The summed E-state index contributed by atoms with van der Waals surface area (Å²) < 4.78 is 2.71. The Hall–Kier alpha value is -0.864. The van der Waals surface area contributed by atoms with Crippen molar-refractivity contribution in [3.63, 3.8) is 0 Å². The molecule has 0 fully saturated rings. The predicted octanol–water partition coefficient (Wildman–Crippen LogP) is -0.906. The summed E-state index contributed by atoms with van der Waals surface area (Å²) in [5, 5.41) is 0. The first-order chi connectivity index (χ1) is 12.8. The van der Waals surface area contributed by atoms with Crippen LogP contribution >= 0.6 is 0 Å². The Kier molecular flexibility index (Phi) is 9.49. The van der Waals surface area contributed by atoms with E-state index in [0.29, 0.717) is 0 Å². The van der Waals surface area contributed by atoms with Crippen molar-refractivity contribution in [3.8, 4) is 0 Å². The van der Waals surface area contributed by atoms with Crippen LogP contribution in [0.4, 0.5) is 0 Å². The number of allylic oxidation sites excluding steroid dienone is 2. The minimum atomic E-state index is -0.542. The zero-order valence-corrected chi connectivity index (χ0v) is 20.4. The molecule has 0 spiro atoms. The normalized spacial score (nSPS) is 17.1. The number of halogens is 2. The van der Waals surface area contributed by atoms with E-state index in [4.69, 9.17) is 0 Å². The topological polar surface area (TPSA) is 0 Å². The van der Waals surface area contributed by atoms with E-state index in [-0.39, 0.29) is 24.8 Å². The third-order valence-electron chi connectivity index (χ3n) is 4.76. The summed E-state index contributed by atoms with van der Waals surface area (Å²) in [4.78, 5) is 0. The Labute approximate surface area is 200 Å². The maximum Gasteiger partial charge on any atom is 0.175 e. The second kappa shape index (κ2) is 11.4. The summed E-state index contributed by atoms with van der Waals surface area (Å²) in [6, 6.07) is 27.9. The fraction of sp³-hybridized carbons (Fsp3) is 0.0833. The molecule has 136 valence electrons. The molecule has 2 atom stereocenters. The number of hydrogen-bond acceptors (Lipinski definition) is 0. The fourth-order valence-electron chi connectivity index (χ4n) is 3.44. The average molecular weight is 497 g/mol. The van der Waals surface area contributed by atoms with Crippen LogP contribution in [-0.4, -0.2) is 16.3 Å². The first kappa shape index (κ1) is 23.4. The van der Waals surface area contributed by atoms with Crippen molar-refractivity contribution in [2.45, 2.75) is 7.25 Å². The van der Waals surface area contributed by atoms with Gasteiger partial charge in [-0.15, -0.1) is 4.43 Å². The van der Waals surface area contributed by atoms with Crippen LogP contribution in [0.5, 0.6) is 0 Å². The molecule has 2 radical (unpaired) electrons. The average Bonchev–Trinajstić information content (AvgIpc) is 3.28. The van der Waals surface area contributed by atoms with Gasteiger partial charge in [-0.25, -0.2) is 0 Å². The maximum atomic E-state index is 2.63. The molecule has 2 aliphatic rings. The molecule has 0 amide bonds. The van der Waals surface area contributed by atoms with Crippen LogP contribution in [0.15, 0.2) is 91.0 Å². The van der Waals surface area contributed by atoms with Crippen LogP contribution in [-0.2, 0) is 23.2 Å². The molecule has 0 nitrogen and oxygen atoms in total. The van der Waals surface area contributed by atoms with Crippen LogP contribution in [0.25, 0.3) is 12.2 Å². The van der Waals surface area contributed by atoms with Gasteiger partial charge in [0.05, 0.1) is 0 Å². The van der Waals surface area contributed by atoms with Crippen molar-refractivity contribution in [2.75, 3.05) is 0 Å². The van der Waals surface area contributed by atoms with Crippen LogP contribution < -0.4 is 29.2 Å². The van der Waals surface area contributed by atoms with Crippen LogP contribution in [0, 0.1) is 0 Å². The number of rotatable bonds is 2. The molecule has 0 aromatic heterocycles. The Morgan fingerprint density at radius 3 is 1.43 bits per heavy atom. The van der Waals surface area contributed by atoms with Gasteiger partial charge in [0.15, 0.2) is 16.3 Å². The molecule has 5 rings (SSSR count). The fourth-order valence-corrected chi connectivity index (χ4v) is 7.80. The molecule has 2 aliphatic carbocycles. The van der Waals surface area contributed by atoms with Crippen molar-refractivity contribution in [3.05, 3.63) is 113 Å². The van der Waals surface area contributed by atoms with Crippen molar-refractivity contribution in [1.82, 2.24) is 0 Å². The SMILES string of the molecule is C1=C[CH]([Zr+2][CH]2C=Cc3ccccc32)c2ccccc21.[Al][c]1ccccc1.[Cl-].[Cl-]. The molecule has 0 saturated heterocycles. The van der Waals surface area contributed by atoms with E-state index in [0.717, 1.165) is 7.25 Å². The van der Waals surface area contributed by atoms with Gasteiger partial charge in [0, 0.05) is 0 Å².